The molecule has 3 rings (SSSR count). The van der Waals surface area contributed by atoms with E-state index in [0.29, 0.717) is 0 Å². The summed E-state index contributed by atoms with van der Waals surface area (Å²) >= 11 is 0. The third kappa shape index (κ3) is 4.96. The number of nitrogens with one attached hydrogen (secondary N) is 2. The number of pyridine rings is 1. The molecule has 1 aromatic heterocycles. The van der Waals surface area contributed by atoms with Crippen molar-refractivity contribution >= 4 is 46.7 Å². The molecule has 1 fully saturated rings. The lowest BCUT2D eigenvalue weighted by atomic mass is 10.2. The highest BCUT2D eigenvalue weighted by molar-refractivity contribution is 14.0. The van der Waals surface area contributed by atoms with Gasteiger partial charge in [0.2, 0.25) is 0 Å². The van der Waals surface area contributed by atoms with Gasteiger partial charge in [0.25, 0.3) is 0 Å². The minimum Gasteiger partial charge on any atom is -0.368 e. The molecule has 1 saturated heterocycles. The van der Waals surface area contributed by atoms with Gasteiger partial charge in [0.05, 0.1) is 12.1 Å². The van der Waals surface area contributed by atoms with E-state index < -0.39 is 0 Å². The number of halogens is 1. The number of hydrogen-bond donors (Lipinski definition) is 2. The van der Waals surface area contributed by atoms with Gasteiger partial charge < -0.3 is 15.5 Å². The van der Waals surface area contributed by atoms with E-state index in [4.69, 9.17) is 4.99 Å². The van der Waals surface area contributed by atoms with Crippen LogP contribution in [0.5, 0.6) is 0 Å². The first-order valence-corrected chi connectivity index (χ1v) is 8.50. The topological polar surface area (TPSA) is 52.6 Å². The minimum atomic E-state index is 0. The summed E-state index contributed by atoms with van der Waals surface area (Å²) in [6.45, 7) is 6.79. The van der Waals surface area contributed by atoms with Crippen LogP contribution < -0.4 is 10.6 Å². The maximum Gasteiger partial charge on any atom is 0.193 e. The maximum absolute atomic E-state index is 4.71. The number of aromatic nitrogens is 1. The number of fused-ring (bicyclic) bond motifs is 1. The molecule has 0 aliphatic carbocycles. The van der Waals surface area contributed by atoms with Gasteiger partial charge in [-0.25, -0.2) is 4.98 Å². The summed E-state index contributed by atoms with van der Waals surface area (Å²) in [5.74, 6) is 1.95. The Labute approximate surface area is 161 Å². The predicted octanol–water partition coefficient (Wildman–Crippen LogP) is 3.33. The van der Waals surface area contributed by atoms with Crippen LogP contribution in [0, 0.1) is 0 Å². The lowest BCUT2D eigenvalue weighted by molar-refractivity contribution is 0.494. The monoisotopic (exact) mass is 439 g/mol. The lowest BCUT2D eigenvalue weighted by Gasteiger charge is -2.20. The Balaban J connectivity index is 0.00000208. The van der Waals surface area contributed by atoms with Crippen LogP contribution in [0.4, 0.5) is 5.82 Å². The van der Waals surface area contributed by atoms with Crippen molar-refractivity contribution in [2.45, 2.75) is 19.8 Å². The fraction of sp³-hybridized carbons (Fsp3) is 0.444. The average molecular weight is 439 g/mol. The molecule has 6 heteroatoms. The number of para-hydroxylation sites is 1. The molecule has 130 valence electrons. The summed E-state index contributed by atoms with van der Waals surface area (Å²) < 4.78 is 0. The van der Waals surface area contributed by atoms with Gasteiger partial charge in [0, 0.05) is 31.6 Å². The van der Waals surface area contributed by atoms with Crippen molar-refractivity contribution in [3.8, 4) is 0 Å². The third-order valence-electron chi connectivity index (χ3n) is 4.02. The standard InChI is InChI=1S/C18H25N5.HI/c1-2-19-18(23-13-5-6-14-23)21-12-11-20-17-10-9-15-7-3-4-8-16(15)22-17;/h3-4,7-10H,2,5-6,11-14H2,1H3,(H,19,21)(H,20,22);1H. The fourth-order valence-electron chi connectivity index (χ4n) is 2.87. The Morgan fingerprint density at radius 3 is 2.75 bits per heavy atom. The molecule has 0 unspecified atom stereocenters. The molecule has 5 nitrogen and oxygen atoms in total. The molecule has 0 bridgehead atoms. The highest BCUT2D eigenvalue weighted by atomic mass is 127. The number of guanidine groups is 1. The number of rotatable bonds is 5. The van der Waals surface area contributed by atoms with Crippen molar-refractivity contribution < 1.29 is 0 Å². The molecule has 0 amide bonds. The second-order valence-corrected chi connectivity index (χ2v) is 5.75. The van der Waals surface area contributed by atoms with Gasteiger partial charge in [-0.3, -0.25) is 4.99 Å². The van der Waals surface area contributed by atoms with E-state index in [1.54, 1.807) is 0 Å². The smallest absolute Gasteiger partial charge is 0.193 e. The minimum absolute atomic E-state index is 0. The summed E-state index contributed by atoms with van der Waals surface area (Å²) in [6.07, 6.45) is 2.54. The summed E-state index contributed by atoms with van der Waals surface area (Å²) in [7, 11) is 0. The number of benzene rings is 1. The van der Waals surface area contributed by atoms with E-state index in [-0.39, 0.29) is 24.0 Å². The van der Waals surface area contributed by atoms with Crippen LogP contribution in [0.2, 0.25) is 0 Å². The number of likely N-dealkylation sites (tertiary alicyclic amines) is 1. The third-order valence-corrected chi connectivity index (χ3v) is 4.02. The van der Waals surface area contributed by atoms with E-state index in [9.17, 15) is 0 Å². The highest BCUT2D eigenvalue weighted by Crippen LogP contribution is 2.14. The first kappa shape index (κ1) is 18.8. The van der Waals surface area contributed by atoms with Gasteiger partial charge in [0.1, 0.15) is 5.82 Å². The number of anilines is 1. The Hall–Kier alpha value is -1.57. The van der Waals surface area contributed by atoms with Crippen LogP contribution in [-0.2, 0) is 0 Å². The quantitative estimate of drug-likeness (QED) is 0.325. The molecule has 0 saturated carbocycles. The van der Waals surface area contributed by atoms with E-state index >= 15 is 0 Å². The van der Waals surface area contributed by atoms with Crippen molar-refractivity contribution in [2.75, 3.05) is 38.0 Å². The molecular formula is C18H26IN5. The van der Waals surface area contributed by atoms with Gasteiger partial charge in [-0.05, 0) is 38.0 Å². The average Bonchev–Trinajstić information content (AvgIpc) is 3.12. The molecule has 24 heavy (non-hydrogen) atoms. The van der Waals surface area contributed by atoms with Gasteiger partial charge in [0.15, 0.2) is 5.96 Å². The molecule has 0 spiro atoms. The van der Waals surface area contributed by atoms with Crippen LogP contribution in [0.3, 0.4) is 0 Å². The zero-order chi connectivity index (χ0) is 15.9. The van der Waals surface area contributed by atoms with E-state index in [2.05, 4.69) is 39.6 Å². The molecule has 0 radical (unpaired) electrons. The summed E-state index contributed by atoms with van der Waals surface area (Å²) in [6, 6.07) is 12.3. The molecule has 1 aliphatic rings. The largest absolute Gasteiger partial charge is 0.368 e. The zero-order valence-electron chi connectivity index (χ0n) is 14.2. The Bertz CT molecular complexity index is 667. The molecule has 2 heterocycles. The Morgan fingerprint density at radius 2 is 1.96 bits per heavy atom. The first-order chi connectivity index (χ1) is 11.4. The second kappa shape index (κ2) is 9.66. The number of hydrogen-bond acceptors (Lipinski definition) is 3. The van der Waals surface area contributed by atoms with E-state index in [1.165, 1.54) is 18.2 Å². The van der Waals surface area contributed by atoms with Crippen LogP contribution >= 0.6 is 24.0 Å². The summed E-state index contributed by atoms with van der Waals surface area (Å²) in [4.78, 5) is 11.7. The van der Waals surface area contributed by atoms with Crippen molar-refractivity contribution in [3.63, 3.8) is 0 Å². The van der Waals surface area contributed by atoms with Gasteiger partial charge >= 0.3 is 0 Å². The summed E-state index contributed by atoms with van der Waals surface area (Å²) in [5.41, 5.74) is 1.02. The Kier molecular flexibility index (Phi) is 7.55. The van der Waals surface area contributed by atoms with Crippen LogP contribution in [0.15, 0.2) is 41.4 Å². The van der Waals surface area contributed by atoms with E-state index in [0.717, 1.165) is 50.0 Å². The number of nitrogens with zero attached hydrogens (tertiary/aromatic N) is 3. The zero-order valence-corrected chi connectivity index (χ0v) is 16.5. The van der Waals surface area contributed by atoms with Crippen molar-refractivity contribution in [1.82, 2.24) is 15.2 Å². The highest BCUT2D eigenvalue weighted by Gasteiger charge is 2.14. The predicted molar refractivity (Wildman–Crippen MR) is 112 cm³/mol. The molecule has 0 atom stereocenters. The SMILES string of the molecule is CCNC(=NCCNc1ccc2ccccc2n1)N1CCCC1.I. The molecule has 2 N–H and O–H groups in total. The van der Waals surface area contributed by atoms with Crippen molar-refractivity contribution in [1.29, 1.82) is 0 Å². The normalized spacial score (nSPS) is 14.5. The fourth-order valence-corrected chi connectivity index (χ4v) is 2.87. The van der Waals surface area contributed by atoms with E-state index in [1.807, 2.05) is 24.3 Å². The van der Waals surface area contributed by atoms with Crippen molar-refractivity contribution in [2.24, 2.45) is 4.99 Å². The van der Waals surface area contributed by atoms with Crippen molar-refractivity contribution in [3.05, 3.63) is 36.4 Å². The lowest BCUT2D eigenvalue weighted by Crippen LogP contribution is -2.39. The van der Waals surface area contributed by atoms with Crippen LogP contribution in [-0.4, -0.2) is 48.6 Å². The number of aliphatic imine (C=N–C) groups is 1. The van der Waals surface area contributed by atoms with Gasteiger partial charge in [-0.2, -0.15) is 0 Å². The van der Waals surface area contributed by atoms with Gasteiger partial charge in [-0.1, -0.05) is 18.2 Å². The van der Waals surface area contributed by atoms with Gasteiger partial charge in [-0.15, -0.1) is 24.0 Å². The molecule has 1 aromatic carbocycles. The molecule has 2 aromatic rings. The second-order valence-electron chi connectivity index (χ2n) is 5.75. The maximum atomic E-state index is 4.71. The molecular weight excluding hydrogens is 413 g/mol. The van der Waals surface area contributed by atoms with Crippen LogP contribution in [0.1, 0.15) is 19.8 Å². The Morgan fingerprint density at radius 1 is 1.17 bits per heavy atom. The molecule has 1 aliphatic heterocycles. The summed E-state index contributed by atoms with van der Waals surface area (Å²) in [5, 5.41) is 7.91. The first-order valence-electron chi connectivity index (χ1n) is 8.50. The van der Waals surface area contributed by atoms with Crippen LogP contribution in [0.25, 0.3) is 10.9 Å².